The molecule has 0 saturated carbocycles. The van der Waals surface area contributed by atoms with Crippen LogP contribution in [0.4, 0.5) is 25.8 Å². The molecule has 0 aliphatic heterocycles. The van der Waals surface area contributed by atoms with Crippen LogP contribution in [0.15, 0.2) is 41.3 Å². The molecule has 0 heterocycles. The van der Waals surface area contributed by atoms with Gasteiger partial charge < -0.3 is 11.1 Å². The summed E-state index contributed by atoms with van der Waals surface area (Å²) in [7, 11) is -3.84. The minimum atomic E-state index is -3.84. The van der Waals surface area contributed by atoms with Crippen LogP contribution in [0.5, 0.6) is 0 Å². The number of hydrogen-bond acceptors (Lipinski definition) is 4. The smallest absolute Gasteiger partial charge is 0.238 e. The van der Waals surface area contributed by atoms with Crippen molar-refractivity contribution in [3.8, 4) is 0 Å². The normalized spacial score (nSPS) is 11.3. The molecule has 0 aliphatic rings. The second kappa shape index (κ2) is 5.06. The fourth-order valence-electron chi connectivity index (χ4n) is 1.56. The summed E-state index contributed by atoms with van der Waals surface area (Å²) < 4.78 is 48.1. The lowest BCUT2D eigenvalue weighted by molar-refractivity contribution is 0.509. The SMILES string of the molecule is Nc1cc(S(N)(=O)=O)ccc1Nc1ccc(F)c(F)c1. The predicted molar refractivity (Wildman–Crippen MR) is 71.9 cm³/mol. The Kier molecular flexibility index (Phi) is 3.60. The maximum atomic E-state index is 13.1. The van der Waals surface area contributed by atoms with E-state index < -0.39 is 21.7 Å². The summed E-state index contributed by atoms with van der Waals surface area (Å²) >= 11 is 0. The molecule has 106 valence electrons. The number of halogens is 2. The Morgan fingerprint density at radius 2 is 1.70 bits per heavy atom. The number of primary sulfonamides is 1. The van der Waals surface area contributed by atoms with Gasteiger partial charge in [0.2, 0.25) is 10.0 Å². The molecule has 5 N–H and O–H groups in total. The van der Waals surface area contributed by atoms with Gasteiger partial charge in [-0.15, -0.1) is 0 Å². The zero-order chi connectivity index (χ0) is 14.9. The predicted octanol–water partition coefficient (Wildman–Crippen LogP) is 1.94. The second-order valence-electron chi connectivity index (χ2n) is 4.05. The van der Waals surface area contributed by atoms with Gasteiger partial charge in [0.15, 0.2) is 11.6 Å². The average Bonchev–Trinajstić information content (AvgIpc) is 2.35. The summed E-state index contributed by atoms with van der Waals surface area (Å²) in [5, 5.41) is 7.72. The molecule has 2 aromatic carbocycles. The lowest BCUT2D eigenvalue weighted by atomic mass is 10.2. The number of nitrogens with two attached hydrogens (primary N) is 2. The topological polar surface area (TPSA) is 98.2 Å². The lowest BCUT2D eigenvalue weighted by Gasteiger charge is -2.10. The molecule has 0 atom stereocenters. The van der Waals surface area contributed by atoms with Crippen LogP contribution >= 0.6 is 0 Å². The summed E-state index contributed by atoms with van der Waals surface area (Å²) in [6.45, 7) is 0. The Morgan fingerprint density at radius 1 is 1.00 bits per heavy atom. The fraction of sp³-hybridized carbons (Fsp3) is 0. The molecular weight excluding hydrogens is 288 g/mol. The quantitative estimate of drug-likeness (QED) is 0.754. The zero-order valence-electron chi connectivity index (χ0n) is 10.1. The molecule has 0 aromatic heterocycles. The highest BCUT2D eigenvalue weighted by atomic mass is 32.2. The van der Waals surface area contributed by atoms with Gasteiger partial charge >= 0.3 is 0 Å². The average molecular weight is 299 g/mol. The van der Waals surface area contributed by atoms with E-state index in [1.165, 1.54) is 24.3 Å². The first kappa shape index (κ1) is 14.2. The maximum Gasteiger partial charge on any atom is 0.238 e. The second-order valence-corrected chi connectivity index (χ2v) is 5.61. The molecule has 0 spiro atoms. The molecule has 20 heavy (non-hydrogen) atoms. The van der Waals surface area contributed by atoms with Gasteiger partial charge in [0.1, 0.15) is 0 Å². The summed E-state index contributed by atoms with van der Waals surface area (Å²) in [5.41, 5.74) is 6.42. The van der Waals surface area contributed by atoms with Crippen LogP contribution < -0.4 is 16.2 Å². The molecule has 0 fully saturated rings. The monoisotopic (exact) mass is 299 g/mol. The minimum absolute atomic E-state index is 0.112. The van der Waals surface area contributed by atoms with Gasteiger partial charge in [0, 0.05) is 11.8 Å². The van der Waals surface area contributed by atoms with Gasteiger partial charge in [-0.3, -0.25) is 0 Å². The zero-order valence-corrected chi connectivity index (χ0v) is 10.9. The standard InChI is InChI=1S/C12H11F2N3O2S/c13-9-3-1-7(5-10(9)14)17-12-4-2-8(6-11(12)15)20(16,18)19/h1-6,17H,15H2,(H2,16,18,19). The van der Waals surface area contributed by atoms with Crippen molar-refractivity contribution in [2.45, 2.75) is 4.90 Å². The van der Waals surface area contributed by atoms with E-state index in [2.05, 4.69) is 5.32 Å². The molecule has 2 aromatic rings. The Bertz CT molecular complexity index is 763. The first-order valence-electron chi connectivity index (χ1n) is 5.42. The van der Waals surface area contributed by atoms with Crippen molar-refractivity contribution in [3.05, 3.63) is 48.0 Å². The molecule has 0 radical (unpaired) electrons. The number of sulfonamides is 1. The largest absolute Gasteiger partial charge is 0.397 e. The summed E-state index contributed by atoms with van der Waals surface area (Å²) in [5.74, 6) is -1.97. The third-order valence-electron chi connectivity index (χ3n) is 2.55. The third-order valence-corrected chi connectivity index (χ3v) is 3.46. The van der Waals surface area contributed by atoms with Crippen molar-refractivity contribution >= 4 is 27.1 Å². The van der Waals surface area contributed by atoms with Crippen LogP contribution in [0, 0.1) is 11.6 Å². The van der Waals surface area contributed by atoms with Crippen LogP contribution in [-0.4, -0.2) is 8.42 Å². The van der Waals surface area contributed by atoms with Crippen molar-refractivity contribution in [1.82, 2.24) is 0 Å². The first-order chi connectivity index (χ1) is 9.27. The van der Waals surface area contributed by atoms with Gasteiger partial charge in [0.25, 0.3) is 0 Å². The molecule has 5 nitrogen and oxygen atoms in total. The fourth-order valence-corrected chi connectivity index (χ4v) is 2.11. The van der Waals surface area contributed by atoms with Gasteiger partial charge in [0.05, 0.1) is 16.3 Å². The molecule has 0 aliphatic carbocycles. The van der Waals surface area contributed by atoms with E-state index in [4.69, 9.17) is 10.9 Å². The van der Waals surface area contributed by atoms with Crippen molar-refractivity contribution in [3.63, 3.8) is 0 Å². The Hall–Kier alpha value is -2.19. The third kappa shape index (κ3) is 3.03. The number of anilines is 3. The van der Waals surface area contributed by atoms with Gasteiger partial charge in [-0.25, -0.2) is 22.3 Å². The van der Waals surface area contributed by atoms with E-state index in [0.717, 1.165) is 12.1 Å². The lowest BCUT2D eigenvalue weighted by Crippen LogP contribution is -2.12. The molecule has 0 amide bonds. The maximum absolute atomic E-state index is 13.1. The Labute approximate surface area is 114 Å². The van der Waals surface area contributed by atoms with Gasteiger partial charge in [-0.05, 0) is 30.3 Å². The van der Waals surface area contributed by atoms with Crippen LogP contribution in [0.1, 0.15) is 0 Å². The number of hydrogen-bond donors (Lipinski definition) is 3. The number of nitrogens with one attached hydrogen (secondary N) is 1. The van der Waals surface area contributed by atoms with E-state index >= 15 is 0 Å². The molecule has 0 unspecified atom stereocenters. The van der Waals surface area contributed by atoms with Crippen molar-refractivity contribution in [2.75, 3.05) is 11.1 Å². The number of benzene rings is 2. The minimum Gasteiger partial charge on any atom is -0.397 e. The molecular formula is C12H11F2N3O2S. The van der Waals surface area contributed by atoms with E-state index in [1.807, 2.05) is 0 Å². The van der Waals surface area contributed by atoms with Crippen LogP contribution in [0.2, 0.25) is 0 Å². The molecule has 0 saturated heterocycles. The van der Waals surface area contributed by atoms with Crippen LogP contribution in [0.25, 0.3) is 0 Å². The Morgan fingerprint density at radius 3 is 2.25 bits per heavy atom. The summed E-state index contributed by atoms with van der Waals surface area (Å²) in [4.78, 5) is -0.133. The highest BCUT2D eigenvalue weighted by Crippen LogP contribution is 2.26. The van der Waals surface area contributed by atoms with Crippen molar-refractivity contribution < 1.29 is 17.2 Å². The van der Waals surface area contributed by atoms with Crippen LogP contribution in [0.3, 0.4) is 0 Å². The number of nitrogen functional groups attached to an aromatic ring is 1. The van der Waals surface area contributed by atoms with Crippen molar-refractivity contribution in [2.24, 2.45) is 5.14 Å². The van der Waals surface area contributed by atoms with E-state index in [-0.39, 0.29) is 16.3 Å². The molecule has 8 heteroatoms. The van der Waals surface area contributed by atoms with E-state index in [9.17, 15) is 17.2 Å². The highest BCUT2D eigenvalue weighted by Gasteiger charge is 2.10. The van der Waals surface area contributed by atoms with E-state index in [1.54, 1.807) is 0 Å². The first-order valence-corrected chi connectivity index (χ1v) is 6.96. The molecule has 0 bridgehead atoms. The van der Waals surface area contributed by atoms with Gasteiger partial charge in [-0.1, -0.05) is 0 Å². The highest BCUT2D eigenvalue weighted by molar-refractivity contribution is 7.89. The van der Waals surface area contributed by atoms with E-state index in [0.29, 0.717) is 5.69 Å². The summed E-state index contributed by atoms with van der Waals surface area (Å²) in [6.07, 6.45) is 0. The van der Waals surface area contributed by atoms with Crippen molar-refractivity contribution in [1.29, 1.82) is 0 Å². The molecule has 2 rings (SSSR count). The van der Waals surface area contributed by atoms with Crippen LogP contribution in [-0.2, 0) is 10.0 Å². The Balaban J connectivity index is 2.32. The van der Waals surface area contributed by atoms with Gasteiger partial charge in [-0.2, -0.15) is 0 Å². The summed E-state index contributed by atoms with van der Waals surface area (Å²) in [6, 6.07) is 7.07. The number of rotatable bonds is 3.